The van der Waals surface area contributed by atoms with Crippen molar-refractivity contribution in [1.82, 2.24) is 0 Å². The molecule has 0 radical (unpaired) electrons. The zero-order valence-corrected chi connectivity index (χ0v) is 8.58. The summed E-state index contributed by atoms with van der Waals surface area (Å²) in [5.74, 6) is -0.582. The lowest BCUT2D eigenvalue weighted by Crippen LogP contribution is -2.18. The third-order valence-electron chi connectivity index (χ3n) is 1.46. The molecule has 0 heterocycles. The highest BCUT2D eigenvalue weighted by molar-refractivity contribution is 7.80. The molecule has 0 fully saturated rings. The molecular weight excluding hydrogens is 216 g/mol. The number of carboxylic acids is 1. The molecular formula is C9H10N2O3S. The van der Waals surface area contributed by atoms with Crippen molar-refractivity contribution in [3.63, 3.8) is 0 Å². The maximum atomic E-state index is 10.3. The SMILES string of the molecule is NC(=S)Nc1cccc(OCC(=O)O)c1. The highest BCUT2D eigenvalue weighted by Crippen LogP contribution is 2.16. The van der Waals surface area contributed by atoms with Crippen molar-refractivity contribution in [3.05, 3.63) is 24.3 Å². The molecule has 1 aromatic rings. The van der Waals surface area contributed by atoms with Gasteiger partial charge in [0.1, 0.15) is 5.75 Å². The third-order valence-corrected chi connectivity index (χ3v) is 1.57. The Morgan fingerprint density at radius 1 is 1.60 bits per heavy atom. The molecule has 1 aromatic carbocycles. The van der Waals surface area contributed by atoms with Crippen molar-refractivity contribution in [1.29, 1.82) is 0 Å². The number of nitrogens with one attached hydrogen (secondary N) is 1. The Morgan fingerprint density at radius 3 is 2.93 bits per heavy atom. The first-order valence-electron chi connectivity index (χ1n) is 4.09. The van der Waals surface area contributed by atoms with Crippen LogP contribution in [-0.4, -0.2) is 22.8 Å². The van der Waals surface area contributed by atoms with E-state index in [0.29, 0.717) is 11.4 Å². The molecule has 0 aliphatic rings. The second-order valence-corrected chi connectivity index (χ2v) is 3.14. The molecule has 0 unspecified atom stereocenters. The lowest BCUT2D eigenvalue weighted by molar-refractivity contribution is -0.139. The smallest absolute Gasteiger partial charge is 0.341 e. The molecule has 1 rings (SSSR count). The summed E-state index contributed by atoms with van der Waals surface area (Å²) < 4.78 is 4.97. The number of aliphatic carboxylic acids is 1. The number of carboxylic acid groups (broad SMARTS) is 1. The number of thiocarbonyl (C=S) groups is 1. The maximum absolute atomic E-state index is 10.3. The molecule has 0 aliphatic carbocycles. The molecule has 6 heteroatoms. The topological polar surface area (TPSA) is 84.6 Å². The van der Waals surface area contributed by atoms with E-state index in [4.69, 9.17) is 15.6 Å². The summed E-state index contributed by atoms with van der Waals surface area (Å²) in [5, 5.41) is 11.3. The van der Waals surface area contributed by atoms with Crippen LogP contribution in [0.1, 0.15) is 0 Å². The Bertz CT molecular complexity index is 381. The fourth-order valence-electron chi connectivity index (χ4n) is 0.951. The van der Waals surface area contributed by atoms with Gasteiger partial charge in [-0.05, 0) is 24.4 Å². The summed E-state index contributed by atoms with van der Waals surface area (Å²) in [7, 11) is 0. The molecule has 5 nitrogen and oxygen atoms in total. The van der Waals surface area contributed by atoms with E-state index in [1.807, 2.05) is 0 Å². The highest BCUT2D eigenvalue weighted by atomic mass is 32.1. The van der Waals surface area contributed by atoms with Crippen LogP contribution in [0.3, 0.4) is 0 Å². The summed E-state index contributed by atoms with van der Waals surface area (Å²) in [6, 6.07) is 6.71. The number of ether oxygens (including phenoxy) is 1. The molecule has 80 valence electrons. The first-order valence-corrected chi connectivity index (χ1v) is 4.50. The van der Waals surface area contributed by atoms with Crippen molar-refractivity contribution in [2.24, 2.45) is 5.73 Å². The predicted molar refractivity (Wildman–Crippen MR) is 60.0 cm³/mol. The van der Waals surface area contributed by atoms with Crippen molar-refractivity contribution < 1.29 is 14.6 Å². The van der Waals surface area contributed by atoms with Gasteiger partial charge in [-0.15, -0.1) is 0 Å². The van der Waals surface area contributed by atoms with E-state index in [1.165, 1.54) is 0 Å². The van der Waals surface area contributed by atoms with E-state index < -0.39 is 5.97 Å². The summed E-state index contributed by atoms with van der Waals surface area (Å²) in [5.41, 5.74) is 5.94. The Labute approximate surface area is 91.8 Å². The summed E-state index contributed by atoms with van der Waals surface area (Å²) in [6.45, 7) is -0.378. The zero-order valence-electron chi connectivity index (χ0n) is 7.77. The second kappa shape index (κ2) is 5.16. The van der Waals surface area contributed by atoms with Crippen molar-refractivity contribution in [3.8, 4) is 5.75 Å². The third kappa shape index (κ3) is 4.28. The van der Waals surface area contributed by atoms with Gasteiger partial charge >= 0.3 is 5.97 Å². The maximum Gasteiger partial charge on any atom is 0.341 e. The van der Waals surface area contributed by atoms with E-state index >= 15 is 0 Å². The summed E-state index contributed by atoms with van der Waals surface area (Å²) >= 11 is 4.66. The van der Waals surface area contributed by atoms with Crippen LogP contribution in [0.2, 0.25) is 0 Å². The predicted octanol–water partition coefficient (Wildman–Crippen LogP) is 0.805. The van der Waals surface area contributed by atoms with E-state index in [2.05, 4.69) is 17.5 Å². The first-order chi connectivity index (χ1) is 7.08. The number of hydrogen-bond donors (Lipinski definition) is 3. The molecule has 0 amide bonds. The lowest BCUT2D eigenvalue weighted by atomic mass is 10.3. The molecule has 0 aromatic heterocycles. The molecule has 4 N–H and O–H groups in total. The van der Waals surface area contributed by atoms with Crippen molar-refractivity contribution >= 4 is 29.0 Å². The van der Waals surface area contributed by atoms with Gasteiger partial charge in [-0.1, -0.05) is 6.07 Å². The van der Waals surface area contributed by atoms with Gasteiger partial charge in [-0.3, -0.25) is 0 Å². The average molecular weight is 226 g/mol. The molecule has 0 aliphatic heterocycles. The zero-order chi connectivity index (χ0) is 11.3. The van der Waals surface area contributed by atoms with Crippen molar-refractivity contribution in [2.45, 2.75) is 0 Å². The van der Waals surface area contributed by atoms with Crippen LogP contribution >= 0.6 is 12.2 Å². The number of anilines is 1. The number of carbonyl (C=O) groups is 1. The molecule has 0 spiro atoms. The van der Waals surface area contributed by atoms with Crippen LogP contribution in [-0.2, 0) is 4.79 Å². The minimum absolute atomic E-state index is 0.144. The van der Waals surface area contributed by atoms with Crippen LogP contribution in [0.15, 0.2) is 24.3 Å². The van der Waals surface area contributed by atoms with Gasteiger partial charge in [0.25, 0.3) is 0 Å². The normalized spacial score (nSPS) is 9.33. The van der Waals surface area contributed by atoms with Gasteiger partial charge in [-0.25, -0.2) is 4.79 Å². The summed E-state index contributed by atoms with van der Waals surface area (Å²) in [6.07, 6.45) is 0. The van der Waals surface area contributed by atoms with E-state index in [-0.39, 0.29) is 11.7 Å². The Morgan fingerprint density at radius 2 is 2.33 bits per heavy atom. The van der Waals surface area contributed by atoms with E-state index in [0.717, 1.165) is 0 Å². The second-order valence-electron chi connectivity index (χ2n) is 2.70. The van der Waals surface area contributed by atoms with Crippen LogP contribution in [0.25, 0.3) is 0 Å². The molecule has 15 heavy (non-hydrogen) atoms. The van der Waals surface area contributed by atoms with Crippen LogP contribution in [0.5, 0.6) is 5.75 Å². The quantitative estimate of drug-likeness (QED) is 0.659. The number of hydrogen-bond acceptors (Lipinski definition) is 3. The fraction of sp³-hybridized carbons (Fsp3) is 0.111. The van der Waals surface area contributed by atoms with Gasteiger partial charge in [-0.2, -0.15) is 0 Å². The minimum atomic E-state index is -1.03. The first kappa shape index (κ1) is 11.3. The molecule has 0 bridgehead atoms. The Hall–Kier alpha value is -1.82. The van der Waals surface area contributed by atoms with Gasteiger partial charge in [0, 0.05) is 11.8 Å². The standard InChI is InChI=1S/C9H10N2O3S/c10-9(15)11-6-2-1-3-7(4-6)14-5-8(12)13/h1-4H,5H2,(H,12,13)(H3,10,11,15). The number of benzene rings is 1. The van der Waals surface area contributed by atoms with Gasteiger partial charge in [0.15, 0.2) is 11.7 Å². The lowest BCUT2D eigenvalue weighted by Gasteiger charge is -2.06. The molecule has 0 saturated heterocycles. The van der Waals surface area contributed by atoms with Gasteiger partial charge < -0.3 is 20.9 Å². The fourth-order valence-corrected chi connectivity index (χ4v) is 1.07. The average Bonchev–Trinajstić information content (AvgIpc) is 2.14. The molecule has 0 saturated carbocycles. The summed E-state index contributed by atoms with van der Waals surface area (Å²) in [4.78, 5) is 10.3. The van der Waals surface area contributed by atoms with Crippen LogP contribution < -0.4 is 15.8 Å². The van der Waals surface area contributed by atoms with Crippen LogP contribution in [0, 0.1) is 0 Å². The van der Waals surface area contributed by atoms with Gasteiger partial charge in [0.05, 0.1) is 0 Å². The van der Waals surface area contributed by atoms with E-state index in [1.54, 1.807) is 24.3 Å². The highest BCUT2D eigenvalue weighted by Gasteiger charge is 2.00. The Balaban J connectivity index is 2.65. The van der Waals surface area contributed by atoms with Crippen LogP contribution in [0.4, 0.5) is 5.69 Å². The Kier molecular flexibility index (Phi) is 3.87. The minimum Gasteiger partial charge on any atom is -0.482 e. The molecule has 0 atom stereocenters. The number of rotatable bonds is 4. The monoisotopic (exact) mass is 226 g/mol. The van der Waals surface area contributed by atoms with E-state index in [9.17, 15) is 4.79 Å². The van der Waals surface area contributed by atoms with Gasteiger partial charge in [0.2, 0.25) is 0 Å². The largest absolute Gasteiger partial charge is 0.482 e. The van der Waals surface area contributed by atoms with Crippen molar-refractivity contribution in [2.75, 3.05) is 11.9 Å². The number of nitrogens with two attached hydrogens (primary N) is 1.